The van der Waals surface area contributed by atoms with Gasteiger partial charge in [-0.15, -0.1) is 0 Å². The highest BCUT2D eigenvalue weighted by molar-refractivity contribution is 5.67. The molecular formula is C17H34N2O5. The predicted octanol–water partition coefficient (Wildman–Crippen LogP) is 1.61. The van der Waals surface area contributed by atoms with E-state index in [2.05, 4.69) is 11.8 Å². The number of hydrogen-bond donors (Lipinski definition) is 0. The molecule has 0 spiro atoms. The van der Waals surface area contributed by atoms with E-state index in [4.69, 9.17) is 18.9 Å². The molecular weight excluding hydrogens is 312 g/mol. The van der Waals surface area contributed by atoms with Crippen LogP contribution in [-0.4, -0.2) is 94.4 Å². The third-order valence-electron chi connectivity index (χ3n) is 3.91. The summed E-state index contributed by atoms with van der Waals surface area (Å²) in [7, 11) is 3.44. The van der Waals surface area contributed by atoms with Crippen LogP contribution in [0.2, 0.25) is 0 Å². The van der Waals surface area contributed by atoms with Gasteiger partial charge in [0.2, 0.25) is 0 Å². The third-order valence-corrected chi connectivity index (χ3v) is 3.91. The predicted molar refractivity (Wildman–Crippen MR) is 92.3 cm³/mol. The van der Waals surface area contributed by atoms with Gasteiger partial charge < -0.3 is 23.8 Å². The molecule has 0 aromatic carbocycles. The van der Waals surface area contributed by atoms with Crippen molar-refractivity contribution in [3.8, 4) is 0 Å². The Morgan fingerprint density at radius 3 is 2.75 bits per heavy atom. The Balaban J connectivity index is 2.26. The van der Waals surface area contributed by atoms with E-state index in [0.717, 1.165) is 32.7 Å². The second-order valence-corrected chi connectivity index (χ2v) is 6.56. The zero-order valence-corrected chi connectivity index (χ0v) is 15.8. The standard InChI is InChI=1S/C17H34N2O5/c1-14(2)24-17(20)18(4)6-7-19-8-9-23-16(13-19)12-15(3)22-11-10-21-5/h14-16H,6-13H2,1-5H3. The minimum atomic E-state index is -0.269. The van der Waals surface area contributed by atoms with Crippen molar-refractivity contribution in [3.05, 3.63) is 0 Å². The molecule has 0 N–H and O–H groups in total. The number of carbonyl (C=O) groups is 1. The Morgan fingerprint density at radius 2 is 2.08 bits per heavy atom. The van der Waals surface area contributed by atoms with E-state index in [1.165, 1.54) is 0 Å². The summed E-state index contributed by atoms with van der Waals surface area (Å²) in [5.74, 6) is 0. The minimum absolute atomic E-state index is 0.0905. The first-order valence-electron chi connectivity index (χ1n) is 8.78. The first-order chi connectivity index (χ1) is 11.4. The average molecular weight is 346 g/mol. The lowest BCUT2D eigenvalue weighted by atomic mass is 10.1. The molecule has 0 radical (unpaired) electrons. The molecule has 1 amide bonds. The molecule has 0 aliphatic carbocycles. The van der Waals surface area contributed by atoms with Crippen molar-refractivity contribution in [2.75, 3.05) is 60.2 Å². The van der Waals surface area contributed by atoms with Crippen molar-refractivity contribution < 1.29 is 23.7 Å². The fraction of sp³-hybridized carbons (Fsp3) is 0.941. The van der Waals surface area contributed by atoms with Crippen LogP contribution in [0, 0.1) is 0 Å². The molecule has 1 rings (SSSR count). The lowest BCUT2D eigenvalue weighted by Gasteiger charge is -2.34. The second kappa shape index (κ2) is 11.6. The molecule has 0 bridgehead atoms. The van der Waals surface area contributed by atoms with E-state index < -0.39 is 0 Å². The number of carbonyl (C=O) groups excluding carboxylic acids is 1. The molecule has 1 aliphatic rings. The van der Waals surface area contributed by atoms with Gasteiger partial charge in [0.05, 0.1) is 38.1 Å². The Hall–Kier alpha value is -0.890. The Bertz CT molecular complexity index is 354. The van der Waals surface area contributed by atoms with E-state index in [-0.39, 0.29) is 24.4 Å². The normalized spacial score (nSPS) is 20.2. The van der Waals surface area contributed by atoms with Crippen molar-refractivity contribution in [3.63, 3.8) is 0 Å². The van der Waals surface area contributed by atoms with Gasteiger partial charge in [-0.25, -0.2) is 4.79 Å². The van der Waals surface area contributed by atoms with Crippen LogP contribution < -0.4 is 0 Å². The number of methoxy groups -OCH3 is 1. The molecule has 142 valence electrons. The van der Waals surface area contributed by atoms with Gasteiger partial charge in [-0.1, -0.05) is 0 Å². The molecule has 7 nitrogen and oxygen atoms in total. The van der Waals surface area contributed by atoms with Crippen molar-refractivity contribution >= 4 is 6.09 Å². The second-order valence-electron chi connectivity index (χ2n) is 6.56. The van der Waals surface area contributed by atoms with Crippen LogP contribution in [0.25, 0.3) is 0 Å². The highest BCUT2D eigenvalue weighted by Gasteiger charge is 2.23. The SMILES string of the molecule is COCCOC(C)CC1CN(CCN(C)C(=O)OC(C)C)CCO1. The van der Waals surface area contributed by atoms with Gasteiger partial charge in [-0.3, -0.25) is 4.90 Å². The molecule has 7 heteroatoms. The quantitative estimate of drug-likeness (QED) is 0.560. The zero-order valence-electron chi connectivity index (χ0n) is 15.8. The maximum absolute atomic E-state index is 11.8. The molecule has 0 saturated carbocycles. The Labute approximate surface area is 146 Å². The van der Waals surface area contributed by atoms with Gasteiger partial charge in [0.1, 0.15) is 0 Å². The summed E-state index contributed by atoms with van der Waals surface area (Å²) in [6.07, 6.45) is 0.825. The van der Waals surface area contributed by atoms with Gasteiger partial charge in [-0.05, 0) is 20.8 Å². The van der Waals surface area contributed by atoms with Crippen LogP contribution in [0.1, 0.15) is 27.2 Å². The number of likely N-dealkylation sites (N-methyl/N-ethyl adjacent to an activating group) is 1. The molecule has 0 aromatic rings. The molecule has 1 saturated heterocycles. The zero-order chi connectivity index (χ0) is 17.9. The summed E-state index contributed by atoms with van der Waals surface area (Å²) in [5.41, 5.74) is 0. The number of ether oxygens (including phenoxy) is 4. The number of amides is 1. The van der Waals surface area contributed by atoms with E-state index in [1.54, 1.807) is 19.1 Å². The van der Waals surface area contributed by atoms with Crippen LogP contribution in [0.15, 0.2) is 0 Å². The van der Waals surface area contributed by atoms with Crippen LogP contribution in [0.5, 0.6) is 0 Å². The van der Waals surface area contributed by atoms with Crippen molar-refractivity contribution in [2.24, 2.45) is 0 Å². The largest absolute Gasteiger partial charge is 0.447 e. The highest BCUT2D eigenvalue weighted by Crippen LogP contribution is 2.12. The topological polar surface area (TPSA) is 60.5 Å². The maximum atomic E-state index is 11.8. The fourth-order valence-electron chi connectivity index (χ4n) is 2.57. The van der Waals surface area contributed by atoms with E-state index in [1.807, 2.05) is 13.8 Å². The summed E-state index contributed by atoms with van der Waals surface area (Å²) in [4.78, 5) is 15.7. The molecule has 2 atom stereocenters. The summed E-state index contributed by atoms with van der Waals surface area (Å²) in [6, 6.07) is 0. The van der Waals surface area contributed by atoms with Crippen molar-refractivity contribution in [2.45, 2.75) is 45.5 Å². The molecule has 1 heterocycles. The van der Waals surface area contributed by atoms with Gasteiger partial charge in [0, 0.05) is 46.8 Å². The van der Waals surface area contributed by atoms with Gasteiger partial charge in [0.15, 0.2) is 0 Å². The smallest absolute Gasteiger partial charge is 0.409 e. The monoisotopic (exact) mass is 346 g/mol. The lowest BCUT2D eigenvalue weighted by Crippen LogP contribution is -2.46. The maximum Gasteiger partial charge on any atom is 0.409 e. The Morgan fingerprint density at radius 1 is 1.33 bits per heavy atom. The molecule has 2 unspecified atom stereocenters. The van der Waals surface area contributed by atoms with Crippen molar-refractivity contribution in [1.82, 2.24) is 9.80 Å². The average Bonchev–Trinajstić information content (AvgIpc) is 2.52. The van der Waals surface area contributed by atoms with E-state index in [9.17, 15) is 4.79 Å². The highest BCUT2D eigenvalue weighted by atomic mass is 16.6. The molecule has 24 heavy (non-hydrogen) atoms. The van der Waals surface area contributed by atoms with E-state index in [0.29, 0.717) is 19.8 Å². The summed E-state index contributed by atoms with van der Waals surface area (Å²) in [5, 5.41) is 0. The first-order valence-corrected chi connectivity index (χ1v) is 8.78. The number of hydrogen-bond acceptors (Lipinski definition) is 6. The number of nitrogens with zero attached hydrogens (tertiary/aromatic N) is 2. The molecule has 1 aliphatic heterocycles. The number of rotatable bonds is 10. The van der Waals surface area contributed by atoms with Crippen molar-refractivity contribution in [1.29, 1.82) is 0 Å². The number of morpholine rings is 1. The van der Waals surface area contributed by atoms with Crippen LogP contribution >= 0.6 is 0 Å². The lowest BCUT2D eigenvalue weighted by molar-refractivity contribution is -0.0638. The summed E-state index contributed by atoms with van der Waals surface area (Å²) >= 11 is 0. The van der Waals surface area contributed by atoms with Gasteiger partial charge in [-0.2, -0.15) is 0 Å². The van der Waals surface area contributed by atoms with Gasteiger partial charge in [0.25, 0.3) is 0 Å². The summed E-state index contributed by atoms with van der Waals surface area (Å²) < 4.78 is 21.7. The fourth-order valence-corrected chi connectivity index (χ4v) is 2.57. The van der Waals surface area contributed by atoms with E-state index >= 15 is 0 Å². The Kier molecular flexibility index (Phi) is 10.2. The molecule has 1 fully saturated rings. The minimum Gasteiger partial charge on any atom is -0.447 e. The van der Waals surface area contributed by atoms with Crippen LogP contribution in [-0.2, 0) is 18.9 Å². The first kappa shape index (κ1) is 21.2. The third kappa shape index (κ3) is 8.82. The summed E-state index contributed by atoms with van der Waals surface area (Å²) in [6.45, 7) is 10.9. The molecule has 0 aromatic heterocycles. The van der Waals surface area contributed by atoms with Gasteiger partial charge >= 0.3 is 6.09 Å². The van der Waals surface area contributed by atoms with Crippen LogP contribution in [0.3, 0.4) is 0 Å². The van der Waals surface area contributed by atoms with Crippen LogP contribution in [0.4, 0.5) is 4.79 Å².